The molecule has 2 atom stereocenters. The molecule has 1 heterocycles. The zero-order valence-corrected chi connectivity index (χ0v) is 16.1. The third-order valence-electron chi connectivity index (χ3n) is 4.84. The fourth-order valence-corrected chi connectivity index (χ4v) is 3.50. The third kappa shape index (κ3) is 4.57. The Bertz CT molecular complexity index is 733. The van der Waals surface area contributed by atoms with Crippen LogP contribution in [0.5, 0.6) is 0 Å². The van der Waals surface area contributed by atoms with Crippen LogP contribution in [0, 0.1) is 24.5 Å². The fraction of sp³-hybridized carbons (Fsp3) is 0.600. The van der Waals surface area contributed by atoms with Crippen LogP contribution in [-0.2, 0) is 9.53 Å². The smallest absolute Gasteiger partial charge is 0.408 e. The molecule has 2 fully saturated rings. The van der Waals surface area contributed by atoms with Gasteiger partial charge in [0.05, 0.1) is 0 Å². The highest BCUT2D eigenvalue weighted by molar-refractivity contribution is 5.89. The first-order valence-corrected chi connectivity index (χ1v) is 9.29. The van der Waals surface area contributed by atoms with Crippen LogP contribution < -0.4 is 5.32 Å². The molecule has 5 nitrogen and oxygen atoms in total. The second-order valence-corrected chi connectivity index (χ2v) is 8.56. The van der Waals surface area contributed by atoms with Gasteiger partial charge in [0.25, 0.3) is 0 Å². The maximum atomic E-state index is 14.6. The van der Waals surface area contributed by atoms with Crippen molar-refractivity contribution in [2.24, 2.45) is 5.92 Å². The zero-order chi connectivity index (χ0) is 19.9. The summed E-state index contributed by atoms with van der Waals surface area (Å²) < 4.78 is 34.4. The summed E-state index contributed by atoms with van der Waals surface area (Å²) in [6, 6.07) is 1.44. The van der Waals surface area contributed by atoms with Crippen LogP contribution in [-0.4, -0.2) is 41.6 Å². The number of carbonyl (C=O) groups excluding carboxylic acids is 2. The minimum Gasteiger partial charge on any atom is -0.444 e. The molecule has 1 aromatic carbocycles. The normalized spacial score (nSPS) is 22.9. The first-order valence-electron chi connectivity index (χ1n) is 9.29. The SMILES string of the molecule is Cc1cc(F)c([C@@H]2CN(CC3CC3)C(=O)[C@H]2NC(=O)OC(C)(C)C)c(F)c1. The van der Waals surface area contributed by atoms with Gasteiger partial charge < -0.3 is 15.0 Å². The zero-order valence-electron chi connectivity index (χ0n) is 16.1. The summed E-state index contributed by atoms with van der Waals surface area (Å²) in [5.41, 5.74) is -0.437. The van der Waals surface area contributed by atoms with E-state index < -0.39 is 35.3 Å². The molecular weight excluding hydrogens is 354 g/mol. The van der Waals surface area contributed by atoms with E-state index >= 15 is 0 Å². The van der Waals surface area contributed by atoms with Crippen LogP contribution in [0.1, 0.15) is 50.7 Å². The Balaban J connectivity index is 1.88. The Kier molecular flexibility index (Phi) is 5.14. The maximum Gasteiger partial charge on any atom is 0.408 e. The molecule has 1 saturated heterocycles. The summed E-state index contributed by atoms with van der Waals surface area (Å²) in [6.07, 6.45) is 1.32. The van der Waals surface area contributed by atoms with E-state index in [1.165, 1.54) is 12.1 Å². The Morgan fingerprint density at radius 1 is 1.26 bits per heavy atom. The first kappa shape index (κ1) is 19.6. The van der Waals surface area contributed by atoms with Crippen LogP contribution in [0.25, 0.3) is 0 Å². The van der Waals surface area contributed by atoms with Gasteiger partial charge >= 0.3 is 6.09 Å². The predicted octanol–water partition coefficient (Wildman–Crippen LogP) is 3.50. The highest BCUT2D eigenvalue weighted by Gasteiger charge is 2.46. The highest BCUT2D eigenvalue weighted by Crippen LogP contribution is 2.36. The number of nitrogens with one attached hydrogen (secondary N) is 1. The summed E-state index contributed by atoms with van der Waals surface area (Å²) in [6.45, 7) is 7.45. The number of halogens is 2. The lowest BCUT2D eigenvalue weighted by Gasteiger charge is -2.24. The number of benzene rings is 1. The van der Waals surface area contributed by atoms with Gasteiger partial charge in [-0.1, -0.05) is 0 Å². The van der Waals surface area contributed by atoms with Crippen LogP contribution in [0.15, 0.2) is 12.1 Å². The lowest BCUT2D eigenvalue weighted by molar-refractivity contribution is -0.129. The Morgan fingerprint density at radius 2 is 1.85 bits per heavy atom. The minimum absolute atomic E-state index is 0.159. The lowest BCUT2D eigenvalue weighted by atomic mass is 9.92. The molecule has 7 heteroatoms. The van der Waals surface area contributed by atoms with Crippen molar-refractivity contribution in [3.05, 3.63) is 34.9 Å². The van der Waals surface area contributed by atoms with Gasteiger partial charge in [0.1, 0.15) is 23.3 Å². The Labute approximate surface area is 158 Å². The van der Waals surface area contributed by atoms with Crippen LogP contribution in [0.4, 0.5) is 13.6 Å². The van der Waals surface area contributed by atoms with E-state index in [1.54, 1.807) is 32.6 Å². The molecule has 1 aliphatic heterocycles. The number of alkyl carbamates (subject to hydrolysis) is 1. The monoisotopic (exact) mass is 380 g/mol. The number of hydrogen-bond acceptors (Lipinski definition) is 3. The largest absolute Gasteiger partial charge is 0.444 e. The molecule has 27 heavy (non-hydrogen) atoms. The molecule has 0 aromatic heterocycles. The van der Waals surface area contributed by atoms with E-state index in [9.17, 15) is 18.4 Å². The van der Waals surface area contributed by atoms with E-state index in [1.807, 2.05) is 0 Å². The van der Waals surface area contributed by atoms with E-state index in [2.05, 4.69) is 5.32 Å². The molecule has 1 N–H and O–H groups in total. The molecule has 0 bridgehead atoms. The molecule has 148 valence electrons. The van der Waals surface area contributed by atoms with Crippen molar-refractivity contribution in [3.8, 4) is 0 Å². The Hall–Kier alpha value is -2.18. The summed E-state index contributed by atoms with van der Waals surface area (Å²) in [4.78, 5) is 26.7. The van der Waals surface area contributed by atoms with Gasteiger partial charge in [0.2, 0.25) is 5.91 Å². The highest BCUT2D eigenvalue weighted by atomic mass is 19.1. The summed E-state index contributed by atoms with van der Waals surface area (Å²) in [7, 11) is 0. The van der Waals surface area contributed by atoms with Gasteiger partial charge in [-0.2, -0.15) is 0 Å². The van der Waals surface area contributed by atoms with Crippen molar-refractivity contribution < 1.29 is 23.1 Å². The van der Waals surface area contributed by atoms with Gasteiger partial charge in [-0.05, 0) is 64.2 Å². The van der Waals surface area contributed by atoms with E-state index in [4.69, 9.17) is 4.74 Å². The summed E-state index contributed by atoms with van der Waals surface area (Å²) in [5.74, 6) is -2.09. The minimum atomic E-state index is -1.05. The second-order valence-electron chi connectivity index (χ2n) is 8.56. The van der Waals surface area contributed by atoms with Gasteiger partial charge in [-0.25, -0.2) is 13.6 Å². The lowest BCUT2D eigenvalue weighted by Crippen LogP contribution is -2.46. The number of rotatable bonds is 4. The number of carbonyl (C=O) groups is 2. The van der Waals surface area contributed by atoms with Crippen molar-refractivity contribution in [1.82, 2.24) is 10.2 Å². The maximum absolute atomic E-state index is 14.6. The van der Waals surface area contributed by atoms with Crippen LogP contribution in [0.2, 0.25) is 0 Å². The molecule has 0 radical (unpaired) electrons. The van der Waals surface area contributed by atoms with E-state index in [-0.39, 0.29) is 18.0 Å². The van der Waals surface area contributed by atoms with Crippen molar-refractivity contribution in [2.75, 3.05) is 13.1 Å². The number of likely N-dealkylation sites (tertiary alicyclic amines) is 1. The standard InChI is InChI=1S/C20H26F2N2O3/c1-11-7-14(21)16(15(22)8-11)13-10-24(9-12-5-6-12)18(25)17(13)23-19(26)27-20(2,3)4/h7-8,12-13,17H,5-6,9-10H2,1-4H3,(H,23,26)/t13-,17-/m0/s1. The molecule has 2 aliphatic rings. The third-order valence-corrected chi connectivity index (χ3v) is 4.84. The number of amides is 2. The second kappa shape index (κ2) is 7.09. The molecule has 1 saturated carbocycles. The summed E-state index contributed by atoms with van der Waals surface area (Å²) in [5, 5.41) is 2.54. The van der Waals surface area contributed by atoms with Crippen molar-refractivity contribution in [1.29, 1.82) is 0 Å². The van der Waals surface area contributed by atoms with Crippen molar-refractivity contribution in [2.45, 2.75) is 58.1 Å². The molecule has 0 unspecified atom stereocenters. The van der Waals surface area contributed by atoms with Gasteiger partial charge in [-0.15, -0.1) is 0 Å². The average molecular weight is 380 g/mol. The first-order chi connectivity index (χ1) is 12.5. The number of hydrogen-bond donors (Lipinski definition) is 1. The predicted molar refractivity (Wildman–Crippen MR) is 96.3 cm³/mol. The van der Waals surface area contributed by atoms with E-state index in [0.717, 1.165) is 12.8 Å². The van der Waals surface area contributed by atoms with Gasteiger partial charge in [0, 0.05) is 24.6 Å². The van der Waals surface area contributed by atoms with Gasteiger partial charge in [-0.3, -0.25) is 4.79 Å². The molecule has 3 rings (SSSR count). The number of nitrogens with zero attached hydrogens (tertiary/aromatic N) is 1. The van der Waals surface area contributed by atoms with Crippen LogP contribution in [0.3, 0.4) is 0 Å². The van der Waals surface area contributed by atoms with Crippen molar-refractivity contribution >= 4 is 12.0 Å². The van der Waals surface area contributed by atoms with Crippen molar-refractivity contribution in [3.63, 3.8) is 0 Å². The molecule has 2 amide bonds. The molecule has 0 spiro atoms. The summed E-state index contributed by atoms with van der Waals surface area (Å²) >= 11 is 0. The quantitative estimate of drug-likeness (QED) is 0.870. The van der Waals surface area contributed by atoms with Crippen LogP contribution >= 0.6 is 0 Å². The molecule has 1 aromatic rings. The fourth-order valence-electron chi connectivity index (χ4n) is 3.50. The molecule has 1 aliphatic carbocycles. The average Bonchev–Trinajstić information content (AvgIpc) is 3.26. The van der Waals surface area contributed by atoms with E-state index in [0.29, 0.717) is 18.0 Å². The van der Waals surface area contributed by atoms with Gasteiger partial charge in [0.15, 0.2) is 0 Å². The topological polar surface area (TPSA) is 58.6 Å². The Morgan fingerprint density at radius 3 is 2.37 bits per heavy atom. The number of aryl methyl sites for hydroxylation is 1. The molecular formula is C20H26F2N2O3. The number of ether oxygens (including phenoxy) is 1.